The Hall–Kier alpha value is -2.54. The molecule has 6 nitrogen and oxygen atoms in total. The van der Waals surface area contributed by atoms with Crippen LogP contribution < -0.4 is 10.6 Å². The van der Waals surface area contributed by atoms with Crippen molar-refractivity contribution in [2.24, 2.45) is 0 Å². The summed E-state index contributed by atoms with van der Waals surface area (Å²) >= 11 is 0. The Morgan fingerprint density at radius 1 is 1.30 bits per heavy atom. The zero-order chi connectivity index (χ0) is 16.5. The normalized spacial score (nSPS) is 11.0. The largest absolute Gasteiger partial charge is 0.361 e. The zero-order valence-electron chi connectivity index (χ0n) is 12.9. The highest BCUT2D eigenvalue weighted by molar-refractivity contribution is 5.94. The molecule has 2 rings (SSSR count). The first-order valence-corrected chi connectivity index (χ1v) is 7.37. The van der Waals surface area contributed by atoms with Gasteiger partial charge in [0.05, 0.1) is 12.4 Å². The van der Waals surface area contributed by atoms with Crippen molar-refractivity contribution in [3.63, 3.8) is 0 Å². The lowest BCUT2D eigenvalue weighted by molar-refractivity contribution is 0.0956. The number of hydrogen-bond donors (Lipinski definition) is 2. The first kappa shape index (κ1) is 16.8. The molecular formula is C16H19FN4O2. The van der Waals surface area contributed by atoms with E-state index in [2.05, 4.69) is 20.8 Å². The zero-order valence-corrected chi connectivity index (χ0v) is 12.9. The Morgan fingerprint density at radius 3 is 2.91 bits per heavy atom. The van der Waals surface area contributed by atoms with Gasteiger partial charge in [-0.25, -0.2) is 4.39 Å². The summed E-state index contributed by atoms with van der Waals surface area (Å²) in [5.74, 6) is 0.0335. The maximum Gasteiger partial charge on any atom is 0.256 e. The second-order valence-corrected chi connectivity index (χ2v) is 4.84. The highest BCUT2D eigenvalue weighted by Gasteiger charge is 2.13. The third kappa shape index (κ3) is 5.30. The minimum absolute atomic E-state index is 0.202. The van der Waals surface area contributed by atoms with Gasteiger partial charge in [0.2, 0.25) is 0 Å². The summed E-state index contributed by atoms with van der Waals surface area (Å²) in [5, 5.41) is 9.52. The summed E-state index contributed by atoms with van der Waals surface area (Å²) in [6, 6.07) is 1.44. The van der Waals surface area contributed by atoms with Crippen LogP contribution in [0, 0.1) is 5.82 Å². The van der Waals surface area contributed by atoms with Gasteiger partial charge >= 0.3 is 0 Å². The fourth-order valence-electron chi connectivity index (χ4n) is 1.97. The fraction of sp³-hybridized carbons (Fsp3) is 0.312. The van der Waals surface area contributed by atoms with Gasteiger partial charge in [-0.3, -0.25) is 9.78 Å². The molecule has 23 heavy (non-hydrogen) atoms. The summed E-state index contributed by atoms with van der Waals surface area (Å²) < 4.78 is 17.9. The van der Waals surface area contributed by atoms with Crippen molar-refractivity contribution in [2.75, 3.05) is 13.1 Å². The molecule has 0 fully saturated rings. The number of carbonyl (C=O) groups is 1. The van der Waals surface area contributed by atoms with E-state index in [1.54, 1.807) is 6.20 Å². The second kappa shape index (κ2) is 8.79. The molecule has 0 saturated carbocycles. The van der Waals surface area contributed by atoms with Gasteiger partial charge in [0.25, 0.3) is 5.91 Å². The Kier molecular flexibility index (Phi) is 6.43. The van der Waals surface area contributed by atoms with E-state index in [0.717, 1.165) is 5.56 Å². The third-order valence-electron chi connectivity index (χ3n) is 3.11. The molecule has 0 atom stereocenters. The van der Waals surface area contributed by atoms with E-state index in [1.807, 2.05) is 19.1 Å². The molecule has 0 aromatic carbocycles. The lowest BCUT2D eigenvalue weighted by Crippen LogP contribution is -2.24. The molecule has 0 bridgehead atoms. The van der Waals surface area contributed by atoms with Crippen molar-refractivity contribution < 1.29 is 13.7 Å². The summed E-state index contributed by atoms with van der Waals surface area (Å²) in [6.07, 6.45) is 8.56. The van der Waals surface area contributed by atoms with E-state index in [9.17, 15) is 9.18 Å². The Balaban J connectivity index is 1.64. The Bertz CT molecular complexity index is 670. The summed E-state index contributed by atoms with van der Waals surface area (Å²) in [5.41, 5.74) is 1.25. The monoisotopic (exact) mass is 318 g/mol. The third-order valence-corrected chi connectivity index (χ3v) is 3.11. The average Bonchev–Trinajstić information content (AvgIpc) is 3.02. The number of carbonyl (C=O) groups excluding carboxylic acids is 1. The topological polar surface area (TPSA) is 80.0 Å². The molecule has 2 heterocycles. The SMILES string of the molecule is CCc1oncc1C(=O)NC/C=C/CNCc1cncc(F)c1. The van der Waals surface area contributed by atoms with E-state index in [4.69, 9.17) is 4.52 Å². The van der Waals surface area contributed by atoms with Crippen LogP contribution in [-0.2, 0) is 13.0 Å². The number of halogens is 1. The quantitative estimate of drug-likeness (QED) is 0.573. The molecule has 0 spiro atoms. The molecule has 0 saturated heterocycles. The molecule has 1 amide bonds. The van der Waals surface area contributed by atoms with E-state index < -0.39 is 0 Å². The molecule has 0 aliphatic heterocycles. The van der Waals surface area contributed by atoms with Crippen molar-refractivity contribution in [3.8, 4) is 0 Å². The molecule has 0 aliphatic carbocycles. The van der Waals surface area contributed by atoms with Gasteiger partial charge in [0, 0.05) is 32.3 Å². The minimum Gasteiger partial charge on any atom is -0.361 e. The molecule has 122 valence electrons. The van der Waals surface area contributed by atoms with Crippen molar-refractivity contribution in [1.82, 2.24) is 20.8 Å². The highest BCUT2D eigenvalue weighted by Crippen LogP contribution is 2.07. The van der Waals surface area contributed by atoms with Gasteiger partial charge in [-0.15, -0.1) is 0 Å². The molecule has 7 heteroatoms. The standard InChI is InChI=1S/C16H19FN4O2/c1-2-15-14(11-21-23-15)16(22)20-6-4-3-5-18-8-12-7-13(17)10-19-9-12/h3-4,7,9-11,18H,2,5-6,8H2,1H3,(H,20,22)/b4-3+. The van der Waals surface area contributed by atoms with Crippen LogP contribution in [0.2, 0.25) is 0 Å². The van der Waals surface area contributed by atoms with E-state index in [0.29, 0.717) is 37.4 Å². The van der Waals surface area contributed by atoms with Crippen LogP contribution in [0.4, 0.5) is 4.39 Å². The van der Waals surface area contributed by atoms with Crippen LogP contribution in [0.15, 0.2) is 41.3 Å². The second-order valence-electron chi connectivity index (χ2n) is 4.84. The van der Waals surface area contributed by atoms with Crippen LogP contribution in [0.5, 0.6) is 0 Å². The van der Waals surface area contributed by atoms with Crippen LogP contribution in [-0.4, -0.2) is 29.1 Å². The van der Waals surface area contributed by atoms with Gasteiger partial charge in [-0.1, -0.05) is 24.2 Å². The average molecular weight is 318 g/mol. The predicted molar refractivity (Wildman–Crippen MR) is 83.3 cm³/mol. The highest BCUT2D eigenvalue weighted by atomic mass is 19.1. The van der Waals surface area contributed by atoms with Crippen LogP contribution in [0.1, 0.15) is 28.6 Å². The lowest BCUT2D eigenvalue weighted by Gasteiger charge is -2.02. The number of pyridine rings is 1. The summed E-state index contributed by atoms with van der Waals surface area (Å²) in [4.78, 5) is 15.7. The smallest absolute Gasteiger partial charge is 0.256 e. The minimum atomic E-state index is -0.345. The fourth-order valence-corrected chi connectivity index (χ4v) is 1.97. The van der Waals surface area contributed by atoms with E-state index in [-0.39, 0.29) is 11.7 Å². The Labute approximate surface area is 133 Å². The first-order chi connectivity index (χ1) is 11.2. The van der Waals surface area contributed by atoms with Gasteiger partial charge in [0.15, 0.2) is 0 Å². The first-order valence-electron chi connectivity index (χ1n) is 7.37. The summed E-state index contributed by atoms with van der Waals surface area (Å²) in [7, 11) is 0. The van der Waals surface area contributed by atoms with Gasteiger partial charge in [0.1, 0.15) is 17.1 Å². The maximum absolute atomic E-state index is 12.9. The predicted octanol–water partition coefficient (Wildman–Crippen LogP) is 1.85. The molecule has 2 N–H and O–H groups in total. The molecule has 0 unspecified atom stereocenters. The molecular weight excluding hydrogens is 299 g/mol. The van der Waals surface area contributed by atoms with Crippen molar-refractivity contribution >= 4 is 5.91 Å². The number of hydrogen-bond acceptors (Lipinski definition) is 5. The molecule has 0 radical (unpaired) electrons. The van der Waals surface area contributed by atoms with Gasteiger partial charge in [-0.05, 0) is 11.6 Å². The van der Waals surface area contributed by atoms with Crippen LogP contribution in [0.3, 0.4) is 0 Å². The number of aryl methyl sites for hydroxylation is 1. The number of amides is 1. The number of rotatable bonds is 8. The van der Waals surface area contributed by atoms with Gasteiger partial charge in [-0.2, -0.15) is 0 Å². The summed E-state index contributed by atoms with van der Waals surface area (Å²) in [6.45, 7) is 3.45. The Morgan fingerprint density at radius 2 is 2.13 bits per heavy atom. The van der Waals surface area contributed by atoms with Crippen LogP contribution >= 0.6 is 0 Å². The van der Waals surface area contributed by atoms with E-state index >= 15 is 0 Å². The van der Waals surface area contributed by atoms with Gasteiger partial charge < -0.3 is 15.2 Å². The molecule has 0 aliphatic rings. The number of nitrogens with one attached hydrogen (secondary N) is 2. The maximum atomic E-state index is 12.9. The molecule has 2 aromatic heterocycles. The molecule has 2 aromatic rings. The van der Waals surface area contributed by atoms with Crippen LogP contribution in [0.25, 0.3) is 0 Å². The number of aromatic nitrogens is 2. The van der Waals surface area contributed by atoms with Crippen molar-refractivity contribution in [2.45, 2.75) is 19.9 Å². The van der Waals surface area contributed by atoms with Crippen molar-refractivity contribution in [1.29, 1.82) is 0 Å². The van der Waals surface area contributed by atoms with Crippen molar-refractivity contribution in [3.05, 3.63) is 59.5 Å². The lowest BCUT2D eigenvalue weighted by atomic mass is 10.2. The van der Waals surface area contributed by atoms with E-state index in [1.165, 1.54) is 18.5 Å². The number of nitrogens with zero attached hydrogens (tertiary/aromatic N) is 2.